The molecular formula is C17H15F3N2O2. The van der Waals surface area contributed by atoms with Gasteiger partial charge in [0.15, 0.2) is 0 Å². The molecule has 1 heterocycles. The Morgan fingerprint density at radius 3 is 2.58 bits per heavy atom. The molecule has 1 unspecified atom stereocenters. The fourth-order valence-electron chi connectivity index (χ4n) is 2.65. The van der Waals surface area contributed by atoms with Gasteiger partial charge in [0.1, 0.15) is 5.75 Å². The first kappa shape index (κ1) is 16.2. The first-order valence-electron chi connectivity index (χ1n) is 7.40. The number of carbonyl (C=O) groups is 1. The number of para-hydroxylation sites is 2. The number of rotatable bonds is 2. The standard InChI is InChI=1S/C17H15F3N2O2/c18-17(19,20)12-6-2-3-7-14(12)22-16(23)21-13-9-10-24-15-8-4-1-5-11(13)15/h1-8,13H,9-10H2,(H2,21,22,23). The molecule has 2 aromatic rings. The van der Waals surface area contributed by atoms with Gasteiger partial charge in [-0.15, -0.1) is 0 Å². The van der Waals surface area contributed by atoms with Crippen LogP contribution in [0.3, 0.4) is 0 Å². The van der Waals surface area contributed by atoms with Gasteiger partial charge in [0, 0.05) is 12.0 Å². The van der Waals surface area contributed by atoms with Gasteiger partial charge in [-0.1, -0.05) is 30.3 Å². The van der Waals surface area contributed by atoms with Gasteiger partial charge in [-0.3, -0.25) is 0 Å². The highest BCUT2D eigenvalue weighted by Crippen LogP contribution is 2.35. The number of amides is 2. The molecule has 1 atom stereocenters. The highest BCUT2D eigenvalue weighted by atomic mass is 19.4. The van der Waals surface area contributed by atoms with Crippen LogP contribution in [0.25, 0.3) is 0 Å². The summed E-state index contributed by atoms with van der Waals surface area (Å²) in [5.41, 5.74) is -0.349. The van der Waals surface area contributed by atoms with Crippen LogP contribution < -0.4 is 15.4 Å². The van der Waals surface area contributed by atoms with E-state index in [4.69, 9.17) is 4.74 Å². The number of hydrogen-bond acceptors (Lipinski definition) is 2. The zero-order valence-corrected chi connectivity index (χ0v) is 12.6. The topological polar surface area (TPSA) is 50.4 Å². The molecule has 3 rings (SSSR count). The predicted octanol–water partition coefficient (Wildman–Crippen LogP) is 4.35. The Labute approximate surface area is 136 Å². The second kappa shape index (κ2) is 6.43. The van der Waals surface area contributed by atoms with Gasteiger partial charge in [0.05, 0.1) is 23.9 Å². The Morgan fingerprint density at radius 2 is 1.79 bits per heavy atom. The second-order valence-corrected chi connectivity index (χ2v) is 5.37. The van der Waals surface area contributed by atoms with Gasteiger partial charge in [-0.25, -0.2) is 4.79 Å². The van der Waals surface area contributed by atoms with Crippen molar-refractivity contribution in [1.29, 1.82) is 0 Å². The highest BCUT2D eigenvalue weighted by Gasteiger charge is 2.33. The maximum atomic E-state index is 13.0. The molecular weight excluding hydrogens is 321 g/mol. The van der Waals surface area contributed by atoms with Crippen molar-refractivity contribution in [1.82, 2.24) is 5.32 Å². The molecule has 4 nitrogen and oxygen atoms in total. The van der Waals surface area contributed by atoms with Gasteiger partial charge in [0.2, 0.25) is 0 Å². The van der Waals surface area contributed by atoms with Crippen LogP contribution >= 0.6 is 0 Å². The summed E-state index contributed by atoms with van der Waals surface area (Å²) in [7, 11) is 0. The quantitative estimate of drug-likeness (QED) is 0.856. The molecule has 0 aliphatic carbocycles. The van der Waals surface area contributed by atoms with Gasteiger partial charge in [0.25, 0.3) is 0 Å². The van der Waals surface area contributed by atoms with Crippen LogP contribution in [0.5, 0.6) is 5.75 Å². The van der Waals surface area contributed by atoms with Crippen molar-refractivity contribution in [2.24, 2.45) is 0 Å². The Bertz CT molecular complexity index is 747. The molecule has 0 radical (unpaired) electrons. The molecule has 2 amide bonds. The molecule has 1 aliphatic heterocycles. The molecule has 0 fully saturated rings. The zero-order valence-electron chi connectivity index (χ0n) is 12.6. The largest absolute Gasteiger partial charge is 0.493 e. The van der Waals surface area contributed by atoms with Crippen LogP contribution in [-0.2, 0) is 6.18 Å². The van der Waals surface area contributed by atoms with E-state index in [-0.39, 0.29) is 11.7 Å². The third-order valence-electron chi connectivity index (χ3n) is 3.74. The maximum Gasteiger partial charge on any atom is 0.418 e. The molecule has 7 heteroatoms. The Hall–Kier alpha value is -2.70. The lowest BCUT2D eigenvalue weighted by molar-refractivity contribution is -0.136. The van der Waals surface area contributed by atoms with E-state index in [1.165, 1.54) is 18.2 Å². The summed E-state index contributed by atoms with van der Waals surface area (Å²) in [6.45, 7) is 0.432. The number of anilines is 1. The van der Waals surface area contributed by atoms with E-state index in [1.54, 1.807) is 6.07 Å². The molecule has 24 heavy (non-hydrogen) atoms. The normalized spacial score (nSPS) is 16.7. The number of urea groups is 1. The van der Waals surface area contributed by atoms with Crippen molar-refractivity contribution in [3.05, 3.63) is 59.7 Å². The van der Waals surface area contributed by atoms with Crippen molar-refractivity contribution in [2.45, 2.75) is 18.6 Å². The number of halogens is 3. The van der Waals surface area contributed by atoms with Gasteiger partial charge in [-0.05, 0) is 18.2 Å². The van der Waals surface area contributed by atoms with Crippen LogP contribution in [0.2, 0.25) is 0 Å². The van der Waals surface area contributed by atoms with E-state index in [0.717, 1.165) is 11.6 Å². The van der Waals surface area contributed by atoms with Crippen molar-refractivity contribution < 1.29 is 22.7 Å². The summed E-state index contributed by atoms with van der Waals surface area (Å²) < 4.78 is 44.4. The molecule has 0 saturated heterocycles. The fraction of sp³-hybridized carbons (Fsp3) is 0.235. The van der Waals surface area contributed by atoms with Crippen molar-refractivity contribution in [2.75, 3.05) is 11.9 Å². The lowest BCUT2D eigenvalue weighted by Crippen LogP contribution is -2.35. The lowest BCUT2D eigenvalue weighted by Gasteiger charge is -2.26. The van der Waals surface area contributed by atoms with E-state index in [2.05, 4.69) is 10.6 Å². The molecule has 2 aromatic carbocycles. The Balaban J connectivity index is 1.74. The van der Waals surface area contributed by atoms with Crippen LogP contribution in [-0.4, -0.2) is 12.6 Å². The summed E-state index contributed by atoms with van der Waals surface area (Å²) in [4.78, 5) is 12.1. The Kier molecular flexibility index (Phi) is 4.33. The van der Waals surface area contributed by atoms with E-state index < -0.39 is 17.8 Å². The monoisotopic (exact) mass is 336 g/mol. The summed E-state index contributed by atoms with van der Waals surface area (Å²) in [5.74, 6) is 0.671. The SMILES string of the molecule is O=C(Nc1ccccc1C(F)(F)F)NC1CCOc2ccccc21. The summed E-state index contributed by atoms with van der Waals surface area (Å²) in [5, 5.41) is 4.99. The van der Waals surface area contributed by atoms with E-state index in [9.17, 15) is 18.0 Å². The van der Waals surface area contributed by atoms with Crippen molar-refractivity contribution >= 4 is 11.7 Å². The maximum absolute atomic E-state index is 13.0. The number of hydrogen-bond donors (Lipinski definition) is 2. The van der Waals surface area contributed by atoms with Crippen LogP contribution in [0.4, 0.5) is 23.7 Å². The molecule has 2 N–H and O–H groups in total. The summed E-state index contributed by atoms with van der Waals surface area (Å²) >= 11 is 0. The molecule has 0 saturated carbocycles. The number of carbonyl (C=O) groups excluding carboxylic acids is 1. The average Bonchev–Trinajstić information content (AvgIpc) is 2.54. The van der Waals surface area contributed by atoms with Crippen molar-refractivity contribution in [3.63, 3.8) is 0 Å². The van der Waals surface area contributed by atoms with Gasteiger partial charge < -0.3 is 15.4 Å². The number of nitrogens with one attached hydrogen (secondary N) is 2. The summed E-state index contributed by atoms with van der Waals surface area (Å²) in [6.07, 6.45) is -3.99. The molecule has 0 spiro atoms. The van der Waals surface area contributed by atoms with Crippen molar-refractivity contribution in [3.8, 4) is 5.75 Å². The lowest BCUT2D eigenvalue weighted by atomic mass is 10.0. The van der Waals surface area contributed by atoms with Crippen LogP contribution in [0.15, 0.2) is 48.5 Å². The predicted molar refractivity (Wildman–Crippen MR) is 82.9 cm³/mol. The van der Waals surface area contributed by atoms with Crippen LogP contribution in [0, 0.1) is 0 Å². The minimum absolute atomic E-state index is 0.275. The molecule has 0 aromatic heterocycles. The van der Waals surface area contributed by atoms with E-state index in [1.807, 2.05) is 18.2 Å². The average molecular weight is 336 g/mol. The van der Waals surface area contributed by atoms with Gasteiger partial charge in [-0.2, -0.15) is 13.2 Å². The van der Waals surface area contributed by atoms with E-state index >= 15 is 0 Å². The molecule has 1 aliphatic rings. The summed E-state index contributed by atoms with van der Waals surface area (Å²) in [6, 6.07) is 11.1. The smallest absolute Gasteiger partial charge is 0.418 e. The number of benzene rings is 2. The van der Waals surface area contributed by atoms with Crippen LogP contribution in [0.1, 0.15) is 23.6 Å². The second-order valence-electron chi connectivity index (χ2n) is 5.37. The number of ether oxygens (including phenoxy) is 1. The Morgan fingerprint density at radius 1 is 1.08 bits per heavy atom. The first-order valence-corrected chi connectivity index (χ1v) is 7.40. The molecule has 0 bridgehead atoms. The van der Waals surface area contributed by atoms with Gasteiger partial charge >= 0.3 is 12.2 Å². The molecule has 126 valence electrons. The third kappa shape index (κ3) is 3.45. The third-order valence-corrected chi connectivity index (χ3v) is 3.74. The number of fused-ring (bicyclic) bond motifs is 1. The first-order chi connectivity index (χ1) is 11.4. The highest BCUT2D eigenvalue weighted by molar-refractivity contribution is 5.90. The minimum atomic E-state index is -4.53. The number of alkyl halides is 3. The minimum Gasteiger partial charge on any atom is -0.493 e. The van der Waals surface area contributed by atoms with E-state index in [0.29, 0.717) is 18.8 Å². The zero-order chi connectivity index (χ0) is 17.2. The fourth-order valence-corrected chi connectivity index (χ4v) is 2.65.